The van der Waals surface area contributed by atoms with Crippen molar-refractivity contribution in [2.45, 2.75) is 64.9 Å². The molecule has 0 unspecified atom stereocenters. The molecule has 1 nitrogen and oxygen atoms in total. The van der Waals surface area contributed by atoms with E-state index in [4.69, 9.17) is 4.74 Å². The molecule has 0 aromatic heterocycles. The summed E-state index contributed by atoms with van der Waals surface area (Å²) in [4.78, 5) is 0. The standard InChI is InChI=1S/C32H38O/c1-3-5-6-25-7-11-27(12-8-25)29-15-19-31(20-16-29)32-21-17-30(18-22-32)28-13-9-26(10-14-28)24-33-23-4-2/h3,5,9-10,13-22,25,27H,4,6-8,11-12,23-24H2,1-2H3/b5-3+. The first kappa shape index (κ1) is 23.5. The summed E-state index contributed by atoms with van der Waals surface area (Å²) < 4.78 is 5.64. The molecule has 0 amide bonds. The molecule has 3 aromatic rings. The fourth-order valence-electron chi connectivity index (χ4n) is 4.99. The summed E-state index contributed by atoms with van der Waals surface area (Å²) in [5.74, 6) is 1.62. The van der Waals surface area contributed by atoms with Gasteiger partial charge in [0.05, 0.1) is 6.61 Å². The second-order valence-electron chi connectivity index (χ2n) is 9.47. The molecule has 172 valence electrons. The molecule has 0 aliphatic heterocycles. The highest BCUT2D eigenvalue weighted by Gasteiger charge is 2.21. The first-order valence-electron chi connectivity index (χ1n) is 12.8. The minimum Gasteiger partial charge on any atom is -0.377 e. The maximum absolute atomic E-state index is 5.64. The van der Waals surface area contributed by atoms with Gasteiger partial charge in [0.2, 0.25) is 0 Å². The maximum atomic E-state index is 5.64. The van der Waals surface area contributed by atoms with Crippen molar-refractivity contribution in [2.24, 2.45) is 5.92 Å². The predicted octanol–water partition coefficient (Wildman–Crippen LogP) is 9.19. The molecule has 33 heavy (non-hydrogen) atoms. The van der Waals surface area contributed by atoms with Crippen LogP contribution in [0.1, 0.15) is 69.4 Å². The summed E-state index contributed by atoms with van der Waals surface area (Å²) in [7, 11) is 0. The molecule has 1 saturated carbocycles. The summed E-state index contributed by atoms with van der Waals surface area (Å²) in [6.07, 6.45) is 12.2. The number of allylic oxidation sites excluding steroid dienone is 2. The van der Waals surface area contributed by atoms with Crippen molar-refractivity contribution in [3.8, 4) is 22.3 Å². The molecular weight excluding hydrogens is 400 g/mol. The summed E-state index contributed by atoms with van der Waals surface area (Å²) in [5, 5.41) is 0. The second-order valence-corrected chi connectivity index (χ2v) is 9.47. The summed E-state index contributed by atoms with van der Waals surface area (Å²) in [6, 6.07) is 27.0. The van der Waals surface area contributed by atoms with Gasteiger partial charge < -0.3 is 4.74 Å². The van der Waals surface area contributed by atoms with E-state index in [1.165, 1.54) is 65.5 Å². The van der Waals surface area contributed by atoms with Crippen molar-refractivity contribution in [3.05, 3.63) is 96.1 Å². The Hall–Kier alpha value is -2.64. The molecule has 4 rings (SSSR count). The molecule has 0 spiro atoms. The highest BCUT2D eigenvalue weighted by Crippen LogP contribution is 2.38. The zero-order valence-corrected chi connectivity index (χ0v) is 20.3. The van der Waals surface area contributed by atoms with Crippen molar-refractivity contribution in [2.75, 3.05) is 6.61 Å². The monoisotopic (exact) mass is 438 g/mol. The van der Waals surface area contributed by atoms with Gasteiger partial charge in [-0.25, -0.2) is 0 Å². The van der Waals surface area contributed by atoms with Gasteiger partial charge in [0.15, 0.2) is 0 Å². The SMILES string of the molecule is C/C=C/CC1CCC(c2ccc(-c3ccc(-c4ccc(COCCC)cc4)cc3)cc2)CC1. The third kappa shape index (κ3) is 6.45. The van der Waals surface area contributed by atoms with Crippen molar-refractivity contribution >= 4 is 0 Å². The lowest BCUT2D eigenvalue weighted by molar-refractivity contribution is 0.121. The zero-order valence-electron chi connectivity index (χ0n) is 20.3. The van der Waals surface area contributed by atoms with E-state index in [9.17, 15) is 0 Å². The molecule has 0 radical (unpaired) electrons. The van der Waals surface area contributed by atoms with Crippen LogP contribution >= 0.6 is 0 Å². The maximum Gasteiger partial charge on any atom is 0.0716 e. The third-order valence-corrected chi connectivity index (χ3v) is 7.06. The Morgan fingerprint density at radius 3 is 1.76 bits per heavy atom. The number of ether oxygens (including phenoxy) is 1. The number of hydrogen-bond donors (Lipinski definition) is 0. The normalized spacial score (nSPS) is 18.6. The van der Waals surface area contributed by atoms with E-state index < -0.39 is 0 Å². The van der Waals surface area contributed by atoms with Crippen LogP contribution in [0.4, 0.5) is 0 Å². The Balaban J connectivity index is 1.35. The highest BCUT2D eigenvalue weighted by molar-refractivity contribution is 5.70. The lowest BCUT2D eigenvalue weighted by Crippen LogP contribution is -2.12. The van der Waals surface area contributed by atoms with Gasteiger partial charge in [0.25, 0.3) is 0 Å². The Labute approximate surface area is 200 Å². The Morgan fingerprint density at radius 1 is 0.727 bits per heavy atom. The van der Waals surface area contributed by atoms with Gasteiger partial charge in [0, 0.05) is 6.61 Å². The molecule has 1 fully saturated rings. The van der Waals surface area contributed by atoms with Crippen LogP contribution in [0.25, 0.3) is 22.3 Å². The highest BCUT2D eigenvalue weighted by atomic mass is 16.5. The van der Waals surface area contributed by atoms with E-state index in [-0.39, 0.29) is 0 Å². The molecule has 0 heterocycles. The molecule has 1 aliphatic rings. The van der Waals surface area contributed by atoms with E-state index >= 15 is 0 Å². The average Bonchev–Trinajstić information content (AvgIpc) is 2.89. The molecule has 3 aromatic carbocycles. The van der Waals surface area contributed by atoms with Gasteiger partial charge in [-0.05, 0) is 90.7 Å². The van der Waals surface area contributed by atoms with Gasteiger partial charge in [-0.3, -0.25) is 0 Å². The number of hydrogen-bond acceptors (Lipinski definition) is 1. The van der Waals surface area contributed by atoms with Crippen molar-refractivity contribution in [1.29, 1.82) is 0 Å². The van der Waals surface area contributed by atoms with Crippen molar-refractivity contribution in [3.63, 3.8) is 0 Å². The third-order valence-electron chi connectivity index (χ3n) is 7.06. The minimum absolute atomic E-state index is 0.695. The first-order valence-corrected chi connectivity index (χ1v) is 12.8. The number of rotatable bonds is 9. The minimum atomic E-state index is 0.695. The Kier molecular flexibility index (Phi) is 8.55. The van der Waals surface area contributed by atoms with Crippen LogP contribution in [0.5, 0.6) is 0 Å². The summed E-state index contributed by atoms with van der Waals surface area (Å²) in [5.41, 5.74) is 7.84. The average molecular weight is 439 g/mol. The first-order chi connectivity index (χ1) is 16.3. The fraction of sp³-hybridized carbons (Fsp3) is 0.375. The van der Waals surface area contributed by atoms with E-state index in [0.717, 1.165) is 24.9 Å². The van der Waals surface area contributed by atoms with E-state index in [0.29, 0.717) is 6.61 Å². The van der Waals surface area contributed by atoms with Crippen LogP contribution in [-0.2, 0) is 11.3 Å². The van der Waals surface area contributed by atoms with Crippen LogP contribution in [-0.4, -0.2) is 6.61 Å². The van der Waals surface area contributed by atoms with Gasteiger partial charge in [-0.1, -0.05) is 91.9 Å². The quantitative estimate of drug-likeness (QED) is 0.239. The molecule has 0 bridgehead atoms. The molecular formula is C32H38O. The van der Waals surface area contributed by atoms with Crippen molar-refractivity contribution < 1.29 is 4.74 Å². The molecule has 0 atom stereocenters. The fourth-order valence-corrected chi connectivity index (χ4v) is 4.99. The Morgan fingerprint density at radius 2 is 1.24 bits per heavy atom. The van der Waals surface area contributed by atoms with Crippen LogP contribution in [0.15, 0.2) is 84.9 Å². The van der Waals surface area contributed by atoms with E-state index in [1.54, 1.807) is 0 Å². The summed E-state index contributed by atoms with van der Waals surface area (Å²) >= 11 is 0. The zero-order chi connectivity index (χ0) is 22.9. The predicted molar refractivity (Wildman–Crippen MR) is 141 cm³/mol. The van der Waals surface area contributed by atoms with E-state index in [1.807, 2.05) is 0 Å². The van der Waals surface area contributed by atoms with Crippen LogP contribution in [0.3, 0.4) is 0 Å². The number of benzene rings is 3. The lowest BCUT2D eigenvalue weighted by atomic mass is 9.77. The smallest absolute Gasteiger partial charge is 0.0716 e. The molecule has 1 aliphatic carbocycles. The van der Waals surface area contributed by atoms with Gasteiger partial charge in [-0.2, -0.15) is 0 Å². The lowest BCUT2D eigenvalue weighted by Gasteiger charge is -2.28. The van der Waals surface area contributed by atoms with E-state index in [2.05, 4.69) is 98.8 Å². The topological polar surface area (TPSA) is 9.23 Å². The van der Waals surface area contributed by atoms with Crippen LogP contribution in [0.2, 0.25) is 0 Å². The molecule has 0 saturated heterocycles. The van der Waals surface area contributed by atoms with Crippen molar-refractivity contribution in [1.82, 2.24) is 0 Å². The molecule has 1 heteroatoms. The van der Waals surface area contributed by atoms with Crippen LogP contribution in [0, 0.1) is 5.92 Å². The van der Waals surface area contributed by atoms with Gasteiger partial charge in [-0.15, -0.1) is 0 Å². The Bertz CT molecular complexity index is 988. The second kappa shape index (κ2) is 12.0. The van der Waals surface area contributed by atoms with Gasteiger partial charge in [0.1, 0.15) is 0 Å². The van der Waals surface area contributed by atoms with Crippen LogP contribution < -0.4 is 0 Å². The van der Waals surface area contributed by atoms with Gasteiger partial charge >= 0.3 is 0 Å². The largest absolute Gasteiger partial charge is 0.377 e. The summed E-state index contributed by atoms with van der Waals surface area (Å²) in [6.45, 7) is 5.78. The molecule has 0 N–H and O–H groups in total.